The molecule has 2 fully saturated rings. The number of carbonyl (C=O) groups excluding carboxylic acids is 1. The number of carbonyl (C=O) groups is 1. The molecule has 3 nitrogen and oxygen atoms in total. The van der Waals surface area contributed by atoms with Crippen LogP contribution >= 0.6 is 22.7 Å². The topological polar surface area (TPSA) is 46.5 Å². The van der Waals surface area contributed by atoms with Crippen LogP contribution in [0.4, 0.5) is 4.39 Å². The van der Waals surface area contributed by atoms with Crippen molar-refractivity contribution in [1.29, 1.82) is 0 Å². The van der Waals surface area contributed by atoms with E-state index in [1.165, 1.54) is 34.6 Å². The first-order chi connectivity index (χ1) is 16.0. The van der Waals surface area contributed by atoms with Gasteiger partial charge in [-0.3, -0.25) is 0 Å². The molecule has 33 heavy (non-hydrogen) atoms. The van der Waals surface area contributed by atoms with Crippen molar-refractivity contribution in [3.63, 3.8) is 0 Å². The van der Waals surface area contributed by atoms with E-state index in [1.807, 2.05) is 12.1 Å². The van der Waals surface area contributed by atoms with Crippen LogP contribution in [-0.4, -0.2) is 30.5 Å². The summed E-state index contributed by atoms with van der Waals surface area (Å²) in [6, 6.07) is 8.12. The van der Waals surface area contributed by atoms with Crippen molar-refractivity contribution in [3.8, 4) is 0 Å². The molecule has 0 bridgehead atoms. The second-order valence-corrected chi connectivity index (χ2v) is 12.3. The van der Waals surface area contributed by atoms with Gasteiger partial charge in [0.1, 0.15) is 11.0 Å². The van der Waals surface area contributed by atoms with Crippen LogP contribution in [0.2, 0.25) is 0 Å². The molecule has 0 aliphatic heterocycles. The maximum Gasteiger partial charge on any atom is 0.348 e. The molecular weight excluding hydrogens is 455 g/mol. The molecule has 2 aromatic rings. The van der Waals surface area contributed by atoms with Gasteiger partial charge in [0.25, 0.3) is 0 Å². The number of ether oxygens (including phenoxy) is 1. The molecule has 2 aromatic heterocycles. The third-order valence-electron chi connectivity index (χ3n) is 8.11. The fourth-order valence-electron chi connectivity index (χ4n) is 6.00. The molecule has 0 saturated heterocycles. The summed E-state index contributed by atoms with van der Waals surface area (Å²) in [5, 5.41) is 13.1. The van der Waals surface area contributed by atoms with Gasteiger partial charge in [-0.05, 0) is 99.6 Å². The molecule has 1 unspecified atom stereocenters. The van der Waals surface area contributed by atoms with Gasteiger partial charge in [-0.15, -0.1) is 22.7 Å². The van der Waals surface area contributed by atoms with E-state index in [2.05, 4.69) is 17.5 Å². The van der Waals surface area contributed by atoms with Crippen molar-refractivity contribution in [1.82, 2.24) is 0 Å². The standard InChI is InChI=1S/C27H37FO3S2/c1-31-26(30)24-14-12-20(33-24)7-2-6-19-11-13-23(28)22(19)9-3-10-25(29)27(15-5-16-27)18-21-8-4-17-32-21/h4,8,12,14,17,19,22-23,25,29H,2-3,5-7,9-11,13,15-16,18H2,1H3/t19-,22+,23-,25?/m0/s1. The number of alkyl halides is 1. The molecule has 2 saturated carbocycles. The Morgan fingerprint density at radius 2 is 2.06 bits per heavy atom. The summed E-state index contributed by atoms with van der Waals surface area (Å²) < 4.78 is 19.5. The quantitative estimate of drug-likeness (QED) is 0.318. The van der Waals surface area contributed by atoms with Gasteiger partial charge in [-0.2, -0.15) is 0 Å². The van der Waals surface area contributed by atoms with E-state index in [9.17, 15) is 14.3 Å². The van der Waals surface area contributed by atoms with Crippen molar-refractivity contribution in [3.05, 3.63) is 44.3 Å². The van der Waals surface area contributed by atoms with Crippen LogP contribution in [0.15, 0.2) is 29.6 Å². The Hall–Kier alpha value is -1.24. The first kappa shape index (κ1) is 24.9. The minimum absolute atomic E-state index is 0.0544. The molecule has 0 amide bonds. The van der Waals surface area contributed by atoms with Crippen molar-refractivity contribution in [2.24, 2.45) is 17.3 Å². The summed E-state index contributed by atoms with van der Waals surface area (Å²) >= 11 is 3.29. The van der Waals surface area contributed by atoms with Crippen LogP contribution in [0.25, 0.3) is 0 Å². The molecule has 2 aliphatic carbocycles. The third-order valence-corrected chi connectivity index (χ3v) is 10.1. The minimum atomic E-state index is -0.691. The van der Waals surface area contributed by atoms with Crippen molar-refractivity contribution in [2.45, 2.75) is 89.3 Å². The first-order valence-corrected chi connectivity index (χ1v) is 14.2. The summed E-state index contributed by atoms with van der Waals surface area (Å²) in [7, 11) is 1.41. The van der Waals surface area contributed by atoms with Crippen molar-refractivity contribution >= 4 is 28.6 Å². The number of rotatable bonds is 12. The number of esters is 1. The number of aliphatic hydroxyl groups excluding tert-OH is 1. The molecular formula is C27H37FO3S2. The fraction of sp³-hybridized carbons (Fsp3) is 0.667. The molecule has 4 rings (SSSR count). The van der Waals surface area contributed by atoms with Crippen LogP contribution in [0.3, 0.4) is 0 Å². The predicted molar refractivity (Wildman–Crippen MR) is 134 cm³/mol. The van der Waals surface area contributed by atoms with Gasteiger partial charge in [0.05, 0.1) is 13.2 Å². The van der Waals surface area contributed by atoms with Gasteiger partial charge >= 0.3 is 5.97 Å². The van der Waals surface area contributed by atoms with E-state index < -0.39 is 6.17 Å². The van der Waals surface area contributed by atoms with Crippen LogP contribution in [0, 0.1) is 17.3 Å². The Labute approximate surface area is 205 Å². The Kier molecular flexibility index (Phi) is 8.64. The Morgan fingerprint density at radius 3 is 2.76 bits per heavy atom. The zero-order valence-electron chi connectivity index (χ0n) is 19.6. The minimum Gasteiger partial charge on any atom is -0.465 e. The highest BCUT2D eigenvalue weighted by atomic mass is 32.1. The summed E-state index contributed by atoms with van der Waals surface area (Å²) in [6.07, 6.45) is 10.8. The predicted octanol–water partition coefficient (Wildman–Crippen LogP) is 7.23. The van der Waals surface area contributed by atoms with Crippen LogP contribution in [-0.2, 0) is 17.6 Å². The molecule has 0 radical (unpaired) electrons. The number of halogens is 1. The third kappa shape index (κ3) is 6.07. The lowest BCUT2D eigenvalue weighted by molar-refractivity contribution is -0.0406. The van der Waals surface area contributed by atoms with Gasteiger partial charge in [0.2, 0.25) is 0 Å². The number of hydrogen-bond acceptors (Lipinski definition) is 5. The molecule has 2 aliphatic rings. The van der Waals surface area contributed by atoms with Gasteiger partial charge in [0, 0.05) is 15.2 Å². The maximum atomic E-state index is 14.7. The van der Waals surface area contributed by atoms with Gasteiger partial charge in [-0.1, -0.05) is 18.9 Å². The molecule has 4 atom stereocenters. The SMILES string of the molecule is COC(=O)c1ccc(CCC[C@H]2CC[C@H](F)[C@@H]2CCCC(O)C2(Cc3cccs3)CCC2)s1. The number of methoxy groups -OCH3 is 1. The fourth-order valence-corrected chi connectivity index (χ4v) is 7.83. The summed E-state index contributed by atoms with van der Waals surface area (Å²) in [5.41, 5.74) is 0.0544. The highest BCUT2D eigenvalue weighted by molar-refractivity contribution is 7.13. The Bertz CT molecular complexity index is 874. The molecule has 0 spiro atoms. The van der Waals surface area contributed by atoms with Gasteiger partial charge < -0.3 is 9.84 Å². The van der Waals surface area contributed by atoms with E-state index in [0.29, 0.717) is 17.2 Å². The number of thiophene rings is 2. The molecule has 182 valence electrons. The monoisotopic (exact) mass is 492 g/mol. The van der Waals surface area contributed by atoms with E-state index in [0.717, 1.165) is 64.2 Å². The number of aryl methyl sites for hydroxylation is 1. The normalized spacial score (nSPS) is 25.0. The lowest BCUT2D eigenvalue weighted by Gasteiger charge is -2.46. The molecule has 1 N–H and O–H groups in total. The molecule has 2 heterocycles. The van der Waals surface area contributed by atoms with E-state index in [-0.39, 0.29) is 23.4 Å². The maximum absolute atomic E-state index is 14.7. The van der Waals surface area contributed by atoms with Crippen LogP contribution < -0.4 is 0 Å². The second kappa shape index (κ2) is 11.5. The first-order valence-electron chi connectivity index (χ1n) is 12.5. The van der Waals surface area contributed by atoms with Gasteiger partial charge in [-0.25, -0.2) is 9.18 Å². The number of aliphatic hydroxyl groups is 1. The van der Waals surface area contributed by atoms with E-state index in [1.54, 1.807) is 11.3 Å². The zero-order chi connectivity index (χ0) is 23.3. The Morgan fingerprint density at radius 1 is 1.21 bits per heavy atom. The van der Waals surface area contributed by atoms with E-state index >= 15 is 0 Å². The van der Waals surface area contributed by atoms with Crippen molar-refractivity contribution < 1.29 is 19.0 Å². The van der Waals surface area contributed by atoms with E-state index in [4.69, 9.17) is 4.74 Å². The highest BCUT2D eigenvalue weighted by Gasteiger charge is 2.43. The molecule has 0 aromatic carbocycles. The summed E-state index contributed by atoms with van der Waals surface area (Å²) in [6.45, 7) is 0. The summed E-state index contributed by atoms with van der Waals surface area (Å²) in [5.74, 6) is 0.311. The molecule has 6 heteroatoms. The summed E-state index contributed by atoms with van der Waals surface area (Å²) in [4.78, 5) is 14.8. The zero-order valence-corrected chi connectivity index (χ0v) is 21.3. The highest BCUT2D eigenvalue weighted by Crippen LogP contribution is 2.49. The van der Waals surface area contributed by atoms with Crippen LogP contribution in [0.5, 0.6) is 0 Å². The average Bonchev–Trinajstić information content (AvgIpc) is 3.53. The average molecular weight is 493 g/mol. The largest absolute Gasteiger partial charge is 0.465 e. The Balaban J connectivity index is 1.21. The van der Waals surface area contributed by atoms with Crippen LogP contribution in [0.1, 0.15) is 83.6 Å². The van der Waals surface area contributed by atoms with Crippen molar-refractivity contribution in [2.75, 3.05) is 7.11 Å². The smallest absolute Gasteiger partial charge is 0.348 e. The lowest BCUT2D eigenvalue weighted by Crippen LogP contribution is -2.43. The van der Waals surface area contributed by atoms with Gasteiger partial charge in [0.15, 0.2) is 0 Å². The second-order valence-electron chi connectivity index (χ2n) is 10.1. The number of hydrogen-bond donors (Lipinski definition) is 1. The lowest BCUT2D eigenvalue weighted by atomic mass is 9.62.